The Kier molecular flexibility index (Phi) is 6.60. The summed E-state index contributed by atoms with van der Waals surface area (Å²) in [5, 5.41) is 0. The Morgan fingerprint density at radius 3 is 1.32 bits per heavy atom. The van der Waals surface area contributed by atoms with Gasteiger partial charge in [0, 0.05) is 0 Å². The van der Waals surface area contributed by atoms with Gasteiger partial charge in [-0.15, -0.1) is 0 Å². The molecule has 2 aliphatic rings. The number of rotatable bonds is 4. The van der Waals surface area contributed by atoms with Crippen molar-refractivity contribution < 1.29 is 31.1 Å². The van der Waals surface area contributed by atoms with Gasteiger partial charge in [-0.3, -0.25) is 4.79 Å². The van der Waals surface area contributed by atoms with Gasteiger partial charge in [0.1, 0.15) is 0 Å². The van der Waals surface area contributed by atoms with E-state index in [0.717, 1.165) is 0 Å². The van der Waals surface area contributed by atoms with E-state index in [-0.39, 0.29) is 38.5 Å². The molecule has 7 heteroatoms. The average Bonchev–Trinajstić information content (AvgIpc) is 2.83. The zero-order chi connectivity index (χ0) is 24.6. The van der Waals surface area contributed by atoms with Gasteiger partial charge in [0.05, 0.1) is 22.7 Å². The van der Waals surface area contributed by atoms with Gasteiger partial charge in [-0.25, -0.2) is 0 Å². The average molecular weight is 483 g/mol. The van der Waals surface area contributed by atoms with E-state index in [1.807, 2.05) is 0 Å². The summed E-state index contributed by atoms with van der Waals surface area (Å²) in [6.45, 7) is 0. The normalized spacial score (nSPS) is 30.6. The van der Waals surface area contributed by atoms with Crippen LogP contribution in [-0.2, 0) is 15.6 Å². The quantitative estimate of drug-likeness (QED) is 0.405. The smallest absolute Gasteiger partial charge is 0.298 e. The van der Waals surface area contributed by atoms with Gasteiger partial charge in [-0.05, 0) is 49.7 Å². The molecule has 4 unspecified atom stereocenters. The first kappa shape index (κ1) is 24.8. The van der Waals surface area contributed by atoms with Crippen LogP contribution in [0.2, 0.25) is 0 Å². The fourth-order valence-corrected chi connectivity index (χ4v) is 6.28. The van der Waals surface area contributed by atoms with Gasteiger partial charge in [0.2, 0.25) is 0 Å². The zero-order valence-corrected chi connectivity index (χ0v) is 18.8. The van der Waals surface area contributed by atoms with E-state index in [2.05, 4.69) is 0 Å². The first-order chi connectivity index (χ1) is 16.0. The second-order valence-corrected chi connectivity index (χ2v) is 9.90. The highest BCUT2D eigenvalue weighted by Crippen LogP contribution is 2.55. The molecule has 4 atom stereocenters. The van der Waals surface area contributed by atoms with Crippen LogP contribution in [0.5, 0.6) is 0 Å². The number of Topliss-reactive ketones (excluding diaryl/α,β-unsaturated/α-hetero) is 1. The Morgan fingerprint density at radius 1 is 0.647 bits per heavy atom. The monoisotopic (exact) mass is 482 g/mol. The summed E-state index contributed by atoms with van der Waals surface area (Å²) in [4.78, 5) is 14.6. The minimum atomic E-state index is -4.47. The van der Waals surface area contributed by atoms with Gasteiger partial charge in [0.25, 0.3) is 0 Å². The summed E-state index contributed by atoms with van der Waals surface area (Å²) in [6, 6.07) is 16.8. The first-order valence-corrected chi connectivity index (χ1v) is 11.8. The van der Waals surface area contributed by atoms with E-state index in [9.17, 15) is 31.1 Å². The van der Waals surface area contributed by atoms with Crippen LogP contribution in [0.3, 0.4) is 0 Å². The number of hydrogen-bond donors (Lipinski definition) is 0. The molecular weight excluding hydrogens is 454 g/mol. The SMILES string of the molecule is O=C(C1(c2ccccc2)CCCC(C(F)(F)F)C1)C1(c2ccccc2)CCCC(C(F)(F)F)C1. The molecule has 2 fully saturated rings. The summed E-state index contributed by atoms with van der Waals surface area (Å²) in [5.41, 5.74) is -2.02. The molecule has 0 radical (unpaired) electrons. The molecule has 0 N–H and O–H groups in total. The predicted molar refractivity (Wildman–Crippen MR) is 117 cm³/mol. The van der Waals surface area contributed by atoms with Gasteiger partial charge in [0.15, 0.2) is 5.78 Å². The molecule has 2 saturated carbocycles. The predicted octanol–water partition coefficient (Wildman–Crippen LogP) is 7.94. The number of carbonyl (C=O) groups is 1. The van der Waals surface area contributed by atoms with E-state index in [0.29, 0.717) is 11.1 Å². The molecule has 0 saturated heterocycles. The molecule has 1 nitrogen and oxygen atoms in total. The van der Waals surface area contributed by atoms with Crippen molar-refractivity contribution >= 4 is 5.78 Å². The van der Waals surface area contributed by atoms with Crippen molar-refractivity contribution in [3.63, 3.8) is 0 Å². The lowest BCUT2D eigenvalue weighted by Crippen LogP contribution is -2.55. The van der Waals surface area contributed by atoms with Crippen molar-refractivity contribution in [1.82, 2.24) is 0 Å². The van der Waals surface area contributed by atoms with Crippen LogP contribution in [0.1, 0.15) is 62.5 Å². The maximum atomic E-state index is 14.6. The van der Waals surface area contributed by atoms with Crippen LogP contribution in [0.15, 0.2) is 60.7 Å². The van der Waals surface area contributed by atoms with Crippen LogP contribution in [0.4, 0.5) is 26.3 Å². The Hall–Kier alpha value is -2.31. The maximum absolute atomic E-state index is 14.6. The summed E-state index contributed by atoms with van der Waals surface area (Å²) >= 11 is 0. The molecule has 2 aromatic rings. The number of ketones is 1. The molecule has 2 aromatic carbocycles. The highest BCUT2D eigenvalue weighted by Gasteiger charge is 2.59. The van der Waals surface area contributed by atoms with Crippen molar-refractivity contribution in [3.8, 4) is 0 Å². The number of benzene rings is 2. The van der Waals surface area contributed by atoms with E-state index < -0.39 is 53.6 Å². The topological polar surface area (TPSA) is 17.1 Å². The third-order valence-corrected chi connectivity index (χ3v) is 7.95. The molecule has 0 amide bonds. The lowest BCUT2D eigenvalue weighted by atomic mass is 9.53. The van der Waals surface area contributed by atoms with Crippen LogP contribution in [0, 0.1) is 11.8 Å². The molecule has 4 rings (SSSR count). The Labute approximate surface area is 195 Å². The van der Waals surface area contributed by atoms with E-state index in [1.165, 1.54) is 0 Å². The number of carbonyl (C=O) groups excluding carboxylic acids is 1. The molecule has 184 valence electrons. The highest BCUT2D eigenvalue weighted by atomic mass is 19.4. The Balaban J connectivity index is 1.88. The second kappa shape index (κ2) is 9.04. The summed E-state index contributed by atoms with van der Waals surface area (Å²) in [5.74, 6) is -3.82. The van der Waals surface area contributed by atoms with Crippen molar-refractivity contribution in [2.75, 3.05) is 0 Å². The lowest BCUT2D eigenvalue weighted by Gasteiger charge is -2.49. The first-order valence-electron chi connectivity index (χ1n) is 11.8. The van der Waals surface area contributed by atoms with Crippen LogP contribution >= 0.6 is 0 Å². The molecule has 0 heterocycles. The fourth-order valence-electron chi connectivity index (χ4n) is 6.28. The molecule has 0 aromatic heterocycles. The van der Waals surface area contributed by atoms with Gasteiger partial charge in [-0.1, -0.05) is 73.5 Å². The minimum absolute atomic E-state index is 0.0745. The molecule has 0 bridgehead atoms. The number of hydrogen-bond acceptors (Lipinski definition) is 1. The van der Waals surface area contributed by atoms with Crippen LogP contribution < -0.4 is 0 Å². The van der Waals surface area contributed by atoms with E-state index in [1.54, 1.807) is 60.7 Å². The Bertz CT molecular complexity index is 904. The number of alkyl halides is 6. The summed E-state index contributed by atoms with van der Waals surface area (Å²) in [7, 11) is 0. The van der Waals surface area contributed by atoms with Crippen molar-refractivity contribution in [2.45, 2.75) is 74.5 Å². The number of halogens is 6. The van der Waals surface area contributed by atoms with Crippen molar-refractivity contribution in [3.05, 3.63) is 71.8 Å². The van der Waals surface area contributed by atoms with Crippen molar-refractivity contribution in [2.24, 2.45) is 11.8 Å². The van der Waals surface area contributed by atoms with Crippen molar-refractivity contribution in [1.29, 1.82) is 0 Å². The second-order valence-electron chi connectivity index (χ2n) is 9.90. The van der Waals surface area contributed by atoms with E-state index >= 15 is 0 Å². The zero-order valence-electron chi connectivity index (χ0n) is 18.8. The van der Waals surface area contributed by atoms with Gasteiger partial charge in [-0.2, -0.15) is 26.3 Å². The maximum Gasteiger partial charge on any atom is 0.391 e. The molecule has 0 aliphatic heterocycles. The Morgan fingerprint density at radius 2 is 1.00 bits per heavy atom. The third kappa shape index (κ3) is 4.50. The van der Waals surface area contributed by atoms with Crippen LogP contribution in [0.25, 0.3) is 0 Å². The highest BCUT2D eigenvalue weighted by molar-refractivity contribution is 5.99. The molecule has 2 aliphatic carbocycles. The molecule has 0 spiro atoms. The van der Waals surface area contributed by atoms with E-state index in [4.69, 9.17) is 0 Å². The molecule has 34 heavy (non-hydrogen) atoms. The van der Waals surface area contributed by atoms with Gasteiger partial charge < -0.3 is 0 Å². The molecular formula is C27H28F6O. The lowest BCUT2D eigenvalue weighted by molar-refractivity contribution is -0.193. The minimum Gasteiger partial charge on any atom is -0.298 e. The largest absolute Gasteiger partial charge is 0.391 e. The summed E-state index contributed by atoms with van der Waals surface area (Å²) in [6.07, 6.45) is -9.15. The van der Waals surface area contributed by atoms with Crippen LogP contribution in [-0.4, -0.2) is 18.1 Å². The summed E-state index contributed by atoms with van der Waals surface area (Å²) < 4.78 is 83.3. The van der Waals surface area contributed by atoms with Gasteiger partial charge >= 0.3 is 12.4 Å². The fraction of sp³-hybridized carbons (Fsp3) is 0.519. The third-order valence-electron chi connectivity index (χ3n) is 7.95. The standard InChI is InChI=1S/C27H28F6O/c28-26(29,30)21-13-7-15-24(17-21,19-9-3-1-4-10-19)23(34)25(20-11-5-2-6-12-20)16-8-14-22(18-25)27(31,32)33/h1-6,9-12,21-22H,7-8,13-18H2.